The third kappa shape index (κ3) is 3.18. The maximum atomic E-state index is 6.07. The van der Waals surface area contributed by atoms with Crippen molar-refractivity contribution in [3.05, 3.63) is 90.6 Å². The second-order valence-corrected chi connectivity index (χ2v) is 6.72. The summed E-state index contributed by atoms with van der Waals surface area (Å²) >= 11 is 0. The molecule has 0 aliphatic rings. The maximum Gasteiger partial charge on any atom is 0.227 e. The quantitative estimate of drug-likeness (QED) is 0.407. The van der Waals surface area contributed by atoms with Gasteiger partial charge in [0, 0.05) is 17.1 Å². The van der Waals surface area contributed by atoms with E-state index in [4.69, 9.17) is 4.74 Å². The highest BCUT2D eigenvalue weighted by Gasteiger charge is 2.12. The molecule has 0 N–H and O–H groups in total. The molecule has 0 fully saturated rings. The molecule has 2 heteroatoms. The fraction of sp³-hybridized carbons (Fsp3) is 0.125. The monoisotopic (exact) mass is 339 g/mol. The van der Waals surface area contributed by atoms with Crippen LogP contribution >= 0.6 is 0 Å². The number of aromatic nitrogens is 1. The lowest BCUT2D eigenvalue weighted by Crippen LogP contribution is -1.94. The van der Waals surface area contributed by atoms with Crippen LogP contribution in [0.15, 0.2) is 85.1 Å². The summed E-state index contributed by atoms with van der Waals surface area (Å²) in [6, 6.07) is 26.8. The number of ether oxygens (including phenoxy) is 1. The minimum Gasteiger partial charge on any atom is -0.438 e. The average Bonchev–Trinajstić information content (AvgIpc) is 2.69. The number of rotatable bonds is 4. The van der Waals surface area contributed by atoms with Crippen molar-refractivity contribution in [3.63, 3.8) is 0 Å². The molecule has 0 amide bonds. The van der Waals surface area contributed by atoms with Crippen molar-refractivity contribution < 1.29 is 4.74 Å². The molecule has 1 heterocycles. The molecule has 2 nitrogen and oxygen atoms in total. The molecule has 0 saturated heterocycles. The maximum absolute atomic E-state index is 6.07. The first-order valence-corrected chi connectivity index (χ1v) is 8.93. The van der Waals surface area contributed by atoms with Crippen molar-refractivity contribution in [2.24, 2.45) is 0 Å². The van der Waals surface area contributed by atoms with Crippen LogP contribution < -0.4 is 4.74 Å². The van der Waals surface area contributed by atoms with Gasteiger partial charge in [0.05, 0.1) is 0 Å². The first-order valence-electron chi connectivity index (χ1n) is 8.93. The largest absolute Gasteiger partial charge is 0.438 e. The molecule has 4 aromatic rings. The fourth-order valence-corrected chi connectivity index (χ4v) is 3.12. The Hall–Kier alpha value is -3.13. The summed E-state index contributed by atoms with van der Waals surface area (Å²) in [5.41, 5.74) is 3.60. The second kappa shape index (κ2) is 7.01. The summed E-state index contributed by atoms with van der Waals surface area (Å²) in [5, 5.41) is 2.20. The Labute approximate surface area is 154 Å². The van der Waals surface area contributed by atoms with Gasteiger partial charge in [-0.2, -0.15) is 0 Å². The van der Waals surface area contributed by atoms with Crippen LogP contribution in [-0.4, -0.2) is 4.98 Å². The van der Waals surface area contributed by atoms with E-state index in [1.807, 2.05) is 42.6 Å². The molecule has 0 spiro atoms. The summed E-state index contributed by atoms with van der Waals surface area (Å²) in [4.78, 5) is 4.63. The normalized spacial score (nSPS) is 11.0. The van der Waals surface area contributed by atoms with Crippen molar-refractivity contribution >= 4 is 10.8 Å². The van der Waals surface area contributed by atoms with Crippen LogP contribution in [-0.2, 0) is 0 Å². The Morgan fingerprint density at radius 2 is 1.46 bits per heavy atom. The molecule has 0 radical (unpaired) electrons. The predicted octanol–water partition coefficient (Wildman–Crippen LogP) is 6.82. The van der Waals surface area contributed by atoms with E-state index in [1.54, 1.807) is 0 Å². The third-order valence-corrected chi connectivity index (χ3v) is 4.58. The molecular weight excluding hydrogens is 318 g/mol. The van der Waals surface area contributed by atoms with E-state index in [1.165, 1.54) is 10.9 Å². The number of nitrogens with zero attached hydrogens (tertiary/aromatic N) is 1. The van der Waals surface area contributed by atoms with Crippen molar-refractivity contribution in [3.8, 4) is 22.8 Å². The van der Waals surface area contributed by atoms with Gasteiger partial charge in [-0.05, 0) is 40.6 Å². The Kier molecular flexibility index (Phi) is 4.40. The summed E-state index contributed by atoms with van der Waals surface area (Å²) in [5.74, 6) is 1.90. The van der Waals surface area contributed by atoms with E-state index >= 15 is 0 Å². The number of para-hydroxylation sites is 1. The minimum absolute atomic E-state index is 0.467. The van der Waals surface area contributed by atoms with Gasteiger partial charge in [0.15, 0.2) is 0 Å². The van der Waals surface area contributed by atoms with Gasteiger partial charge in [-0.3, -0.25) is 0 Å². The van der Waals surface area contributed by atoms with Gasteiger partial charge < -0.3 is 4.74 Å². The molecule has 0 bridgehead atoms. The molecule has 128 valence electrons. The standard InChI is InChI=1S/C24H21NO/c1-17(2)19-13-14-21-22(15-19)23(18-9-5-3-6-10-18)16-25-24(21)26-20-11-7-4-8-12-20/h3-17H,1-2H3. The van der Waals surface area contributed by atoms with Crippen LogP contribution in [0.3, 0.4) is 0 Å². The Morgan fingerprint density at radius 1 is 0.769 bits per heavy atom. The predicted molar refractivity (Wildman–Crippen MR) is 108 cm³/mol. The van der Waals surface area contributed by atoms with Crippen LogP contribution in [0.1, 0.15) is 25.3 Å². The SMILES string of the molecule is CC(C)c1ccc2c(Oc3ccccc3)ncc(-c3ccccc3)c2c1. The van der Waals surface area contributed by atoms with E-state index in [2.05, 4.69) is 61.3 Å². The number of fused-ring (bicyclic) bond motifs is 1. The smallest absolute Gasteiger partial charge is 0.227 e. The highest BCUT2D eigenvalue weighted by molar-refractivity contribution is 5.99. The van der Waals surface area contributed by atoms with Crippen molar-refractivity contribution in [2.45, 2.75) is 19.8 Å². The van der Waals surface area contributed by atoms with Gasteiger partial charge in [0.1, 0.15) is 5.75 Å². The van der Waals surface area contributed by atoms with Gasteiger partial charge >= 0.3 is 0 Å². The van der Waals surface area contributed by atoms with Gasteiger partial charge in [-0.15, -0.1) is 0 Å². The molecule has 0 atom stereocenters. The Morgan fingerprint density at radius 3 is 2.15 bits per heavy atom. The van der Waals surface area contributed by atoms with Crippen LogP contribution in [0.5, 0.6) is 11.6 Å². The van der Waals surface area contributed by atoms with E-state index in [0.717, 1.165) is 22.3 Å². The number of pyridine rings is 1. The van der Waals surface area contributed by atoms with Gasteiger partial charge in [0.25, 0.3) is 0 Å². The zero-order valence-corrected chi connectivity index (χ0v) is 15.0. The molecule has 0 aliphatic heterocycles. The van der Waals surface area contributed by atoms with Gasteiger partial charge in [0.2, 0.25) is 5.88 Å². The zero-order valence-electron chi connectivity index (χ0n) is 15.0. The number of hydrogen-bond donors (Lipinski definition) is 0. The van der Waals surface area contributed by atoms with Crippen molar-refractivity contribution in [2.75, 3.05) is 0 Å². The lowest BCUT2D eigenvalue weighted by atomic mass is 9.95. The van der Waals surface area contributed by atoms with E-state index in [9.17, 15) is 0 Å². The van der Waals surface area contributed by atoms with E-state index in [0.29, 0.717) is 11.8 Å². The molecule has 0 saturated carbocycles. The summed E-state index contributed by atoms with van der Waals surface area (Å²) < 4.78 is 6.07. The lowest BCUT2D eigenvalue weighted by molar-refractivity contribution is 0.469. The van der Waals surface area contributed by atoms with Crippen LogP contribution in [0.2, 0.25) is 0 Å². The average molecular weight is 339 g/mol. The van der Waals surface area contributed by atoms with E-state index in [-0.39, 0.29) is 0 Å². The van der Waals surface area contributed by atoms with E-state index < -0.39 is 0 Å². The summed E-state index contributed by atoms with van der Waals surface area (Å²) in [6.45, 7) is 4.43. The third-order valence-electron chi connectivity index (χ3n) is 4.58. The summed E-state index contributed by atoms with van der Waals surface area (Å²) in [7, 11) is 0. The molecule has 0 unspecified atom stereocenters. The van der Waals surface area contributed by atoms with Gasteiger partial charge in [-0.1, -0.05) is 74.5 Å². The highest BCUT2D eigenvalue weighted by atomic mass is 16.5. The molecule has 3 aromatic carbocycles. The number of benzene rings is 3. The van der Waals surface area contributed by atoms with Crippen LogP contribution in [0, 0.1) is 0 Å². The molecule has 0 aliphatic carbocycles. The zero-order chi connectivity index (χ0) is 17.9. The Balaban J connectivity index is 1.90. The minimum atomic E-state index is 0.467. The number of hydrogen-bond acceptors (Lipinski definition) is 2. The lowest BCUT2D eigenvalue weighted by Gasteiger charge is -2.14. The molecular formula is C24H21NO. The molecule has 26 heavy (non-hydrogen) atoms. The highest BCUT2D eigenvalue weighted by Crippen LogP contribution is 2.36. The molecule has 4 rings (SSSR count). The van der Waals surface area contributed by atoms with Gasteiger partial charge in [-0.25, -0.2) is 4.98 Å². The van der Waals surface area contributed by atoms with Crippen LogP contribution in [0.4, 0.5) is 0 Å². The first-order chi connectivity index (χ1) is 12.7. The van der Waals surface area contributed by atoms with Crippen molar-refractivity contribution in [1.82, 2.24) is 4.98 Å². The van der Waals surface area contributed by atoms with Crippen molar-refractivity contribution in [1.29, 1.82) is 0 Å². The fourth-order valence-electron chi connectivity index (χ4n) is 3.12. The van der Waals surface area contributed by atoms with Crippen LogP contribution in [0.25, 0.3) is 21.9 Å². The molecule has 1 aromatic heterocycles. The Bertz CT molecular complexity index is 1020. The first kappa shape index (κ1) is 16.3. The summed E-state index contributed by atoms with van der Waals surface area (Å²) in [6.07, 6.45) is 1.92. The second-order valence-electron chi connectivity index (χ2n) is 6.72. The topological polar surface area (TPSA) is 22.1 Å².